The van der Waals surface area contributed by atoms with E-state index in [1.165, 1.54) is 25.6 Å². The van der Waals surface area contributed by atoms with Gasteiger partial charge in [0.2, 0.25) is 15.9 Å². The molecule has 0 aliphatic carbocycles. The maximum atomic E-state index is 13.3. The zero-order chi connectivity index (χ0) is 24.5. The predicted octanol–water partition coefficient (Wildman–Crippen LogP) is 1.09. The van der Waals surface area contributed by atoms with Crippen molar-refractivity contribution in [3.8, 4) is 5.75 Å². The molecule has 1 fully saturated rings. The number of carbonyl (C=O) groups is 1. The molecule has 1 atom stereocenters. The van der Waals surface area contributed by atoms with Crippen LogP contribution in [-0.2, 0) is 14.8 Å². The van der Waals surface area contributed by atoms with E-state index in [-0.39, 0.29) is 16.7 Å². The maximum Gasteiger partial charge on any atom is 0.254 e. The first-order valence-corrected chi connectivity index (χ1v) is 12.6. The molecule has 1 amide bonds. The Bertz CT molecular complexity index is 1270. The van der Waals surface area contributed by atoms with E-state index in [1.807, 2.05) is 26.8 Å². The van der Waals surface area contributed by atoms with Crippen LogP contribution in [0.2, 0.25) is 0 Å². The number of carbonyl (C=O) groups excluding carboxylic acids is 1. The number of ether oxygens (including phenoxy) is 1. The smallest absolute Gasteiger partial charge is 0.254 e. The molecule has 0 bridgehead atoms. The van der Waals surface area contributed by atoms with E-state index in [1.54, 1.807) is 21.5 Å². The second-order valence-corrected chi connectivity index (χ2v) is 10.3. The van der Waals surface area contributed by atoms with Crippen LogP contribution in [-0.4, -0.2) is 78.1 Å². The number of amides is 1. The van der Waals surface area contributed by atoms with Crippen molar-refractivity contribution >= 4 is 27.5 Å². The van der Waals surface area contributed by atoms with Crippen molar-refractivity contribution in [3.63, 3.8) is 0 Å². The van der Waals surface area contributed by atoms with Crippen LogP contribution in [0.25, 0.3) is 5.78 Å². The normalized spacial score (nSPS) is 15.7. The van der Waals surface area contributed by atoms with E-state index in [0.29, 0.717) is 37.7 Å². The summed E-state index contributed by atoms with van der Waals surface area (Å²) in [5.41, 5.74) is 0.835. The highest BCUT2D eigenvalue weighted by molar-refractivity contribution is 7.89. The SMILES string of the molecule is COc1ccc(S(=O)(=O)N[C@H](C(=O)N2CCN(c3cc(C)nc4ncnn34)CC2)C(C)C)cc1. The summed E-state index contributed by atoms with van der Waals surface area (Å²) in [6.07, 6.45) is 1.47. The van der Waals surface area contributed by atoms with Gasteiger partial charge in [-0.15, -0.1) is 0 Å². The van der Waals surface area contributed by atoms with E-state index in [0.717, 1.165) is 11.5 Å². The van der Waals surface area contributed by atoms with Crippen LogP contribution in [0.3, 0.4) is 0 Å². The number of aryl methyl sites for hydroxylation is 1. The number of anilines is 1. The molecule has 0 unspecified atom stereocenters. The molecular weight excluding hydrogens is 458 g/mol. The van der Waals surface area contributed by atoms with E-state index in [2.05, 4.69) is 24.7 Å². The molecule has 1 aliphatic heterocycles. The molecule has 34 heavy (non-hydrogen) atoms. The third kappa shape index (κ3) is 4.82. The number of nitrogens with one attached hydrogen (secondary N) is 1. The first-order valence-electron chi connectivity index (χ1n) is 11.1. The molecule has 1 aromatic carbocycles. The Kier molecular flexibility index (Phi) is 6.71. The minimum Gasteiger partial charge on any atom is -0.497 e. The van der Waals surface area contributed by atoms with Gasteiger partial charge in [0.05, 0.1) is 12.0 Å². The lowest BCUT2D eigenvalue weighted by atomic mass is 10.0. The number of methoxy groups -OCH3 is 1. The minimum absolute atomic E-state index is 0.0847. The Hall–Kier alpha value is -3.25. The molecule has 3 aromatic rings. The third-order valence-electron chi connectivity index (χ3n) is 5.86. The van der Waals surface area contributed by atoms with Crippen molar-refractivity contribution < 1.29 is 17.9 Å². The lowest BCUT2D eigenvalue weighted by Crippen LogP contribution is -2.56. The topological polar surface area (TPSA) is 122 Å². The van der Waals surface area contributed by atoms with Crippen LogP contribution in [0, 0.1) is 12.8 Å². The monoisotopic (exact) mass is 487 g/mol. The molecule has 3 heterocycles. The lowest BCUT2D eigenvalue weighted by Gasteiger charge is -2.38. The standard InChI is InChI=1S/C22H29N7O4S/c1-15(2)20(26-34(31,32)18-7-5-17(33-4)6-8-18)21(30)28-11-9-27(10-12-28)19-13-16(3)25-22-23-14-24-29(19)22/h5-8,13-15,20,26H,9-12H2,1-4H3/t20-/m0/s1. The third-order valence-corrected chi connectivity index (χ3v) is 7.32. The van der Waals surface area contributed by atoms with Crippen molar-refractivity contribution in [2.75, 3.05) is 38.2 Å². The molecule has 0 spiro atoms. The largest absolute Gasteiger partial charge is 0.497 e. The molecule has 4 rings (SSSR count). The van der Waals surface area contributed by atoms with E-state index >= 15 is 0 Å². The average molecular weight is 488 g/mol. The number of benzene rings is 1. The lowest BCUT2D eigenvalue weighted by molar-refractivity contribution is -0.134. The van der Waals surface area contributed by atoms with Crippen LogP contribution in [0.1, 0.15) is 19.5 Å². The number of aromatic nitrogens is 4. The summed E-state index contributed by atoms with van der Waals surface area (Å²) in [5, 5.41) is 4.26. The first-order chi connectivity index (χ1) is 16.2. The van der Waals surface area contributed by atoms with Gasteiger partial charge in [0, 0.05) is 37.9 Å². The second-order valence-electron chi connectivity index (χ2n) is 8.56. The highest BCUT2D eigenvalue weighted by Gasteiger charge is 2.33. The van der Waals surface area contributed by atoms with Gasteiger partial charge in [-0.3, -0.25) is 4.79 Å². The fourth-order valence-corrected chi connectivity index (χ4v) is 5.29. The number of fused-ring (bicyclic) bond motifs is 1. The molecule has 2 aromatic heterocycles. The summed E-state index contributed by atoms with van der Waals surface area (Å²) in [6.45, 7) is 7.65. The van der Waals surface area contributed by atoms with Gasteiger partial charge >= 0.3 is 0 Å². The highest BCUT2D eigenvalue weighted by Crippen LogP contribution is 2.20. The number of sulfonamides is 1. The molecule has 1 N–H and O–H groups in total. The molecule has 1 aliphatic rings. The molecule has 1 saturated heterocycles. The van der Waals surface area contributed by atoms with Gasteiger partial charge in [0.25, 0.3) is 5.78 Å². The van der Waals surface area contributed by atoms with Gasteiger partial charge < -0.3 is 14.5 Å². The summed E-state index contributed by atoms with van der Waals surface area (Å²) in [4.78, 5) is 25.8. The second kappa shape index (κ2) is 9.55. The van der Waals surface area contributed by atoms with Gasteiger partial charge in [-0.25, -0.2) is 13.4 Å². The Morgan fingerprint density at radius 1 is 1.12 bits per heavy atom. The van der Waals surface area contributed by atoms with E-state index < -0.39 is 16.1 Å². The highest BCUT2D eigenvalue weighted by atomic mass is 32.2. The van der Waals surface area contributed by atoms with Crippen LogP contribution in [0.4, 0.5) is 5.82 Å². The number of hydrogen-bond acceptors (Lipinski definition) is 8. The number of piperazine rings is 1. The maximum absolute atomic E-state index is 13.3. The zero-order valence-electron chi connectivity index (χ0n) is 19.7. The van der Waals surface area contributed by atoms with Crippen molar-refractivity contribution in [2.45, 2.75) is 31.7 Å². The number of hydrogen-bond donors (Lipinski definition) is 1. The van der Waals surface area contributed by atoms with Gasteiger partial charge in [-0.1, -0.05) is 13.8 Å². The van der Waals surface area contributed by atoms with Crippen LogP contribution in [0.15, 0.2) is 41.6 Å². The molecule has 11 nitrogen and oxygen atoms in total. The van der Waals surface area contributed by atoms with Crippen molar-refractivity contribution in [1.82, 2.24) is 29.2 Å². The predicted molar refractivity (Wildman–Crippen MR) is 126 cm³/mol. The van der Waals surface area contributed by atoms with Crippen molar-refractivity contribution in [2.24, 2.45) is 5.92 Å². The van der Waals surface area contributed by atoms with Crippen LogP contribution in [0.5, 0.6) is 5.75 Å². The molecular formula is C22H29N7O4S. The summed E-state index contributed by atoms with van der Waals surface area (Å²) in [6, 6.07) is 7.15. The minimum atomic E-state index is -3.88. The Morgan fingerprint density at radius 3 is 2.41 bits per heavy atom. The average Bonchev–Trinajstić information content (AvgIpc) is 3.30. The molecule has 0 radical (unpaired) electrons. The summed E-state index contributed by atoms with van der Waals surface area (Å²) in [5.74, 6) is 1.50. The fraction of sp³-hybridized carbons (Fsp3) is 0.455. The van der Waals surface area contributed by atoms with Gasteiger partial charge in [0.15, 0.2) is 0 Å². The number of rotatable bonds is 7. The van der Waals surface area contributed by atoms with Gasteiger partial charge in [-0.05, 0) is 37.1 Å². The summed E-state index contributed by atoms with van der Waals surface area (Å²) < 4.78 is 35.3. The Morgan fingerprint density at radius 2 is 1.79 bits per heavy atom. The number of nitrogens with zero attached hydrogens (tertiary/aromatic N) is 6. The van der Waals surface area contributed by atoms with Crippen molar-refractivity contribution in [3.05, 3.63) is 42.4 Å². The van der Waals surface area contributed by atoms with Crippen LogP contribution >= 0.6 is 0 Å². The van der Waals surface area contributed by atoms with Gasteiger partial charge in [0.1, 0.15) is 23.9 Å². The van der Waals surface area contributed by atoms with E-state index in [4.69, 9.17) is 4.74 Å². The van der Waals surface area contributed by atoms with E-state index in [9.17, 15) is 13.2 Å². The zero-order valence-corrected chi connectivity index (χ0v) is 20.5. The van der Waals surface area contributed by atoms with Gasteiger partial charge in [-0.2, -0.15) is 19.3 Å². The Balaban J connectivity index is 1.46. The molecule has 0 saturated carbocycles. The Labute approximate surface area is 198 Å². The molecule has 12 heteroatoms. The summed E-state index contributed by atoms with van der Waals surface area (Å²) >= 11 is 0. The van der Waals surface area contributed by atoms with Crippen molar-refractivity contribution in [1.29, 1.82) is 0 Å². The quantitative estimate of drug-likeness (QED) is 0.526. The first kappa shape index (κ1) is 23.9. The van der Waals surface area contributed by atoms with Crippen LogP contribution < -0.4 is 14.4 Å². The molecule has 182 valence electrons. The fourth-order valence-electron chi connectivity index (χ4n) is 3.95. The summed E-state index contributed by atoms with van der Waals surface area (Å²) in [7, 11) is -2.37.